The van der Waals surface area contributed by atoms with Crippen molar-refractivity contribution in [2.24, 2.45) is 0 Å². The molecule has 0 aromatic carbocycles. The first-order valence-electron chi connectivity index (χ1n) is 7.88. The SMILES string of the molecule is CCN(CC)c1nc2sc(C(=O)N3CCCNCC3)cc2s1. The van der Waals surface area contributed by atoms with Crippen LogP contribution in [0.25, 0.3) is 9.53 Å². The van der Waals surface area contributed by atoms with E-state index in [-0.39, 0.29) is 5.91 Å². The van der Waals surface area contributed by atoms with Crippen LogP contribution in [0.15, 0.2) is 6.07 Å². The van der Waals surface area contributed by atoms with Crippen molar-refractivity contribution in [3.8, 4) is 0 Å². The van der Waals surface area contributed by atoms with E-state index in [0.717, 1.165) is 65.2 Å². The Balaban J connectivity index is 1.80. The molecule has 0 atom stereocenters. The Morgan fingerprint density at radius 1 is 1.32 bits per heavy atom. The van der Waals surface area contributed by atoms with Gasteiger partial charge in [0.05, 0.1) is 9.58 Å². The average molecular weight is 339 g/mol. The van der Waals surface area contributed by atoms with Gasteiger partial charge in [0.1, 0.15) is 4.83 Å². The van der Waals surface area contributed by atoms with Gasteiger partial charge < -0.3 is 15.1 Å². The number of thiazole rings is 1. The van der Waals surface area contributed by atoms with Crippen LogP contribution in [0.3, 0.4) is 0 Å². The largest absolute Gasteiger partial charge is 0.349 e. The summed E-state index contributed by atoms with van der Waals surface area (Å²) in [4.78, 5) is 23.3. The Morgan fingerprint density at radius 2 is 2.14 bits per heavy atom. The van der Waals surface area contributed by atoms with Crippen LogP contribution in [0.2, 0.25) is 0 Å². The fourth-order valence-electron chi connectivity index (χ4n) is 2.66. The van der Waals surface area contributed by atoms with Gasteiger partial charge in [-0.15, -0.1) is 11.3 Å². The molecule has 3 heterocycles. The molecule has 0 radical (unpaired) electrons. The molecule has 7 heteroatoms. The van der Waals surface area contributed by atoms with Crippen molar-refractivity contribution in [3.63, 3.8) is 0 Å². The summed E-state index contributed by atoms with van der Waals surface area (Å²) in [5, 5.41) is 4.39. The summed E-state index contributed by atoms with van der Waals surface area (Å²) in [5.41, 5.74) is 0. The van der Waals surface area contributed by atoms with Gasteiger partial charge in [-0.2, -0.15) is 0 Å². The molecular formula is C15H22N4OS2. The Hall–Kier alpha value is -1.18. The van der Waals surface area contributed by atoms with E-state index in [0.29, 0.717) is 0 Å². The fraction of sp³-hybridized carbons (Fsp3) is 0.600. The smallest absolute Gasteiger partial charge is 0.264 e. The zero-order chi connectivity index (χ0) is 15.5. The molecule has 1 amide bonds. The second-order valence-electron chi connectivity index (χ2n) is 5.34. The zero-order valence-electron chi connectivity index (χ0n) is 13.1. The summed E-state index contributed by atoms with van der Waals surface area (Å²) in [6, 6.07) is 2.02. The van der Waals surface area contributed by atoms with Crippen molar-refractivity contribution in [2.75, 3.05) is 44.2 Å². The van der Waals surface area contributed by atoms with E-state index in [9.17, 15) is 4.79 Å². The van der Waals surface area contributed by atoms with Crippen LogP contribution in [0.1, 0.15) is 29.9 Å². The molecule has 2 aromatic rings. The number of nitrogens with one attached hydrogen (secondary N) is 1. The summed E-state index contributed by atoms with van der Waals surface area (Å²) in [6.45, 7) is 9.72. The molecule has 2 aromatic heterocycles. The molecule has 3 rings (SSSR count). The van der Waals surface area contributed by atoms with Crippen LogP contribution >= 0.6 is 22.7 Å². The predicted molar refractivity (Wildman–Crippen MR) is 94.4 cm³/mol. The highest BCUT2D eigenvalue weighted by Gasteiger charge is 2.21. The van der Waals surface area contributed by atoms with E-state index in [2.05, 4.69) is 24.1 Å². The van der Waals surface area contributed by atoms with Gasteiger partial charge in [0.15, 0.2) is 5.13 Å². The average Bonchev–Trinajstić information content (AvgIpc) is 2.96. The number of carbonyl (C=O) groups is 1. The van der Waals surface area contributed by atoms with Crippen molar-refractivity contribution in [1.29, 1.82) is 0 Å². The lowest BCUT2D eigenvalue weighted by molar-refractivity contribution is 0.0771. The normalized spacial score (nSPS) is 16.0. The van der Waals surface area contributed by atoms with E-state index >= 15 is 0 Å². The molecular weight excluding hydrogens is 316 g/mol. The standard InChI is InChI=1S/C15H22N4OS2/c1-3-18(4-2)15-17-13-11(22-15)10-12(21-13)14(20)19-8-5-6-16-7-9-19/h10,16H,3-9H2,1-2H3. The van der Waals surface area contributed by atoms with Gasteiger partial charge in [-0.05, 0) is 32.9 Å². The summed E-state index contributed by atoms with van der Waals surface area (Å²) in [6.07, 6.45) is 1.02. The molecule has 1 aliphatic rings. The Kier molecular flexibility index (Phi) is 4.95. The number of nitrogens with zero attached hydrogens (tertiary/aromatic N) is 3. The highest BCUT2D eigenvalue weighted by molar-refractivity contribution is 7.29. The third-order valence-corrected chi connectivity index (χ3v) is 6.16. The van der Waals surface area contributed by atoms with Crippen LogP contribution in [-0.2, 0) is 0 Å². The Bertz CT molecular complexity index is 608. The highest BCUT2D eigenvalue weighted by Crippen LogP contribution is 2.35. The lowest BCUT2D eigenvalue weighted by Gasteiger charge is -2.18. The number of thiophene rings is 1. The molecule has 0 spiro atoms. The van der Waals surface area contributed by atoms with E-state index in [1.54, 1.807) is 11.3 Å². The molecule has 1 N–H and O–H groups in total. The molecule has 0 saturated carbocycles. The molecule has 0 bridgehead atoms. The van der Waals surface area contributed by atoms with Gasteiger partial charge >= 0.3 is 0 Å². The number of amides is 1. The summed E-state index contributed by atoms with van der Waals surface area (Å²) >= 11 is 3.21. The quantitative estimate of drug-likeness (QED) is 0.931. The van der Waals surface area contributed by atoms with E-state index in [1.807, 2.05) is 11.0 Å². The van der Waals surface area contributed by atoms with Crippen LogP contribution in [0.4, 0.5) is 5.13 Å². The molecule has 1 saturated heterocycles. The third-order valence-electron chi connectivity index (χ3n) is 3.95. The van der Waals surface area contributed by atoms with Gasteiger partial charge in [0, 0.05) is 32.7 Å². The van der Waals surface area contributed by atoms with Gasteiger partial charge in [0.2, 0.25) is 0 Å². The molecule has 5 nitrogen and oxygen atoms in total. The Morgan fingerprint density at radius 3 is 2.86 bits per heavy atom. The van der Waals surface area contributed by atoms with Crippen LogP contribution < -0.4 is 10.2 Å². The van der Waals surface area contributed by atoms with Gasteiger partial charge in [-0.1, -0.05) is 11.3 Å². The fourth-order valence-corrected chi connectivity index (χ4v) is 4.97. The maximum atomic E-state index is 12.6. The van der Waals surface area contributed by atoms with Crippen molar-refractivity contribution in [3.05, 3.63) is 10.9 Å². The number of fused-ring (bicyclic) bond motifs is 1. The van der Waals surface area contributed by atoms with Crippen molar-refractivity contribution < 1.29 is 4.79 Å². The lowest BCUT2D eigenvalue weighted by Crippen LogP contribution is -2.33. The first kappa shape index (κ1) is 15.7. The van der Waals surface area contributed by atoms with E-state index < -0.39 is 0 Å². The summed E-state index contributed by atoms with van der Waals surface area (Å²) < 4.78 is 1.13. The van der Waals surface area contributed by atoms with Crippen molar-refractivity contribution in [2.45, 2.75) is 20.3 Å². The Labute approximate surface area is 138 Å². The van der Waals surface area contributed by atoms with Crippen LogP contribution in [-0.4, -0.2) is 55.1 Å². The molecule has 1 aliphatic heterocycles. The zero-order valence-corrected chi connectivity index (χ0v) is 14.7. The minimum Gasteiger partial charge on any atom is -0.349 e. The molecule has 120 valence electrons. The van der Waals surface area contributed by atoms with Crippen molar-refractivity contribution in [1.82, 2.24) is 15.2 Å². The number of rotatable bonds is 4. The molecule has 0 aliphatic carbocycles. The monoisotopic (exact) mass is 338 g/mol. The molecule has 0 unspecified atom stereocenters. The highest BCUT2D eigenvalue weighted by atomic mass is 32.1. The number of hydrogen-bond donors (Lipinski definition) is 1. The van der Waals surface area contributed by atoms with Crippen LogP contribution in [0, 0.1) is 0 Å². The van der Waals surface area contributed by atoms with Gasteiger partial charge in [-0.25, -0.2) is 4.98 Å². The summed E-state index contributed by atoms with van der Waals surface area (Å²) in [5.74, 6) is 0.156. The third kappa shape index (κ3) is 3.11. The predicted octanol–water partition coefficient (Wildman–Crippen LogP) is 2.64. The topological polar surface area (TPSA) is 48.5 Å². The second kappa shape index (κ2) is 6.93. The molecule has 1 fully saturated rings. The number of aromatic nitrogens is 1. The van der Waals surface area contributed by atoms with Crippen LogP contribution in [0.5, 0.6) is 0 Å². The van der Waals surface area contributed by atoms with E-state index in [4.69, 9.17) is 4.98 Å². The number of anilines is 1. The van der Waals surface area contributed by atoms with Gasteiger partial charge in [0.25, 0.3) is 5.91 Å². The minimum atomic E-state index is 0.156. The lowest BCUT2D eigenvalue weighted by atomic mass is 10.3. The number of carbonyl (C=O) groups excluding carboxylic acids is 1. The minimum absolute atomic E-state index is 0.156. The van der Waals surface area contributed by atoms with Crippen molar-refractivity contribution >= 4 is 43.2 Å². The maximum absolute atomic E-state index is 12.6. The maximum Gasteiger partial charge on any atom is 0.264 e. The molecule has 22 heavy (non-hydrogen) atoms. The van der Waals surface area contributed by atoms with Gasteiger partial charge in [-0.3, -0.25) is 4.79 Å². The number of hydrogen-bond acceptors (Lipinski definition) is 6. The first-order valence-corrected chi connectivity index (χ1v) is 9.51. The van der Waals surface area contributed by atoms with E-state index in [1.165, 1.54) is 11.3 Å². The first-order chi connectivity index (χ1) is 10.7. The second-order valence-corrected chi connectivity index (χ2v) is 7.38. The summed E-state index contributed by atoms with van der Waals surface area (Å²) in [7, 11) is 0.